The van der Waals surface area contributed by atoms with Crippen LogP contribution in [0.25, 0.3) is 0 Å². The lowest BCUT2D eigenvalue weighted by Gasteiger charge is -2.23. The Labute approximate surface area is 153 Å². The Kier molecular flexibility index (Phi) is 6.15. The third-order valence-corrected chi connectivity index (χ3v) is 5.14. The maximum Gasteiger partial charge on any atom is 0.321 e. The lowest BCUT2D eigenvalue weighted by Crippen LogP contribution is -2.37. The van der Waals surface area contributed by atoms with Crippen LogP contribution >= 0.6 is 0 Å². The number of sulfonamides is 1. The third-order valence-electron chi connectivity index (χ3n) is 3.90. The number of benzene rings is 2. The molecular formula is C19H22N2O4S. The average Bonchev–Trinajstić information content (AvgIpc) is 2.62. The molecule has 0 spiro atoms. The molecule has 1 atom stereocenters. The molecular weight excluding hydrogens is 352 g/mol. The molecule has 0 saturated heterocycles. The van der Waals surface area contributed by atoms with Gasteiger partial charge in [-0.05, 0) is 38.5 Å². The summed E-state index contributed by atoms with van der Waals surface area (Å²) in [5.74, 6) is -0.510. The number of aryl methyl sites for hydroxylation is 1. The van der Waals surface area contributed by atoms with Crippen LogP contribution in [0, 0.1) is 6.92 Å². The lowest BCUT2D eigenvalue weighted by atomic mass is 9.84. The molecule has 2 aromatic carbocycles. The molecule has 26 heavy (non-hydrogen) atoms. The van der Waals surface area contributed by atoms with Crippen LogP contribution in [0.3, 0.4) is 0 Å². The Balaban J connectivity index is 2.28. The molecule has 138 valence electrons. The van der Waals surface area contributed by atoms with Crippen molar-refractivity contribution in [3.05, 3.63) is 65.7 Å². The zero-order chi connectivity index (χ0) is 19.2. The van der Waals surface area contributed by atoms with Crippen molar-refractivity contribution < 1.29 is 17.9 Å². The van der Waals surface area contributed by atoms with Gasteiger partial charge >= 0.3 is 5.97 Å². The Morgan fingerprint density at radius 3 is 2.35 bits per heavy atom. The van der Waals surface area contributed by atoms with E-state index in [2.05, 4.69) is 9.93 Å². The van der Waals surface area contributed by atoms with Crippen LogP contribution < -0.4 is 4.83 Å². The number of hydrazone groups is 1. The van der Waals surface area contributed by atoms with E-state index in [-0.39, 0.29) is 11.5 Å². The molecule has 0 amide bonds. The predicted molar refractivity (Wildman–Crippen MR) is 100 cm³/mol. The Hall–Kier alpha value is -2.67. The van der Waals surface area contributed by atoms with Crippen LogP contribution in [0.5, 0.6) is 0 Å². The first kappa shape index (κ1) is 19.7. The fraction of sp³-hybridized carbons (Fsp3) is 0.263. The fourth-order valence-electron chi connectivity index (χ4n) is 2.31. The van der Waals surface area contributed by atoms with E-state index in [1.54, 1.807) is 50.2 Å². The molecule has 0 aliphatic heterocycles. The summed E-state index contributed by atoms with van der Waals surface area (Å²) in [6.07, 6.45) is 1.26. The van der Waals surface area contributed by atoms with E-state index in [0.29, 0.717) is 5.56 Å². The number of nitrogens with one attached hydrogen (secondary N) is 1. The van der Waals surface area contributed by atoms with E-state index < -0.39 is 21.4 Å². The molecule has 1 N–H and O–H groups in total. The monoisotopic (exact) mass is 374 g/mol. The summed E-state index contributed by atoms with van der Waals surface area (Å²) in [5, 5.41) is 3.83. The van der Waals surface area contributed by atoms with Crippen LogP contribution in [0.4, 0.5) is 0 Å². The van der Waals surface area contributed by atoms with Crippen molar-refractivity contribution in [2.24, 2.45) is 5.10 Å². The van der Waals surface area contributed by atoms with Crippen LogP contribution in [0.1, 0.15) is 25.0 Å². The Morgan fingerprint density at radius 2 is 1.77 bits per heavy atom. The summed E-state index contributed by atoms with van der Waals surface area (Å²) >= 11 is 0. The summed E-state index contributed by atoms with van der Waals surface area (Å²) in [4.78, 5) is 14.7. The van der Waals surface area contributed by atoms with Gasteiger partial charge in [0.25, 0.3) is 10.0 Å². The van der Waals surface area contributed by atoms with Gasteiger partial charge in [0.05, 0.1) is 11.5 Å². The van der Waals surface area contributed by atoms with Crippen molar-refractivity contribution in [2.75, 3.05) is 6.61 Å². The van der Waals surface area contributed by atoms with Gasteiger partial charge in [0.15, 0.2) is 0 Å². The highest BCUT2D eigenvalue weighted by molar-refractivity contribution is 7.89. The number of ether oxygens (including phenoxy) is 1. The lowest BCUT2D eigenvalue weighted by molar-refractivity contribution is -0.146. The number of carbonyl (C=O) groups excluding carboxylic acids is 1. The average molecular weight is 374 g/mol. The second-order valence-corrected chi connectivity index (χ2v) is 7.62. The second-order valence-electron chi connectivity index (χ2n) is 5.95. The van der Waals surface area contributed by atoms with Gasteiger partial charge in [0.1, 0.15) is 5.41 Å². The van der Waals surface area contributed by atoms with Crippen LogP contribution in [0.2, 0.25) is 0 Å². The highest BCUT2D eigenvalue weighted by Crippen LogP contribution is 2.23. The van der Waals surface area contributed by atoms with E-state index in [0.717, 1.165) is 5.56 Å². The smallest absolute Gasteiger partial charge is 0.321 e. The zero-order valence-corrected chi connectivity index (χ0v) is 15.8. The van der Waals surface area contributed by atoms with E-state index in [9.17, 15) is 13.2 Å². The van der Waals surface area contributed by atoms with Gasteiger partial charge in [-0.3, -0.25) is 4.79 Å². The normalized spacial score (nSPS) is 14.0. The summed E-state index contributed by atoms with van der Waals surface area (Å²) < 4.78 is 29.8. The standard InChI is InChI=1S/C19H22N2O4S/c1-4-25-18(22)19(3,16-8-6-5-7-9-16)14-20-21-26(23,24)17-12-10-15(2)11-13-17/h5-14,21H,4H2,1-3H3/b20-14+/t19-/m1/s1. The van der Waals surface area contributed by atoms with Crippen molar-refractivity contribution >= 4 is 22.2 Å². The maximum absolute atomic E-state index is 12.4. The van der Waals surface area contributed by atoms with E-state index in [4.69, 9.17) is 4.74 Å². The molecule has 0 bridgehead atoms. The molecule has 0 aliphatic carbocycles. The van der Waals surface area contributed by atoms with E-state index in [1.165, 1.54) is 18.3 Å². The molecule has 7 heteroatoms. The van der Waals surface area contributed by atoms with Crippen molar-refractivity contribution in [1.29, 1.82) is 0 Å². The summed E-state index contributed by atoms with van der Waals surface area (Å²) in [6, 6.07) is 15.3. The van der Waals surface area contributed by atoms with Gasteiger partial charge < -0.3 is 4.74 Å². The van der Waals surface area contributed by atoms with Gasteiger partial charge in [-0.15, -0.1) is 0 Å². The summed E-state index contributed by atoms with van der Waals surface area (Å²) in [5.41, 5.74) is 0.385. The molecule has 6 nitrogen and oxygen atoms in total. The topological polar surface area (TPSA) is 84.8 Å². The van der Waals surface area contributed by atoms with Gasteiger partial charge in [-0.1, -0.05) is 48.0 Å². The minimum absolute atomic E-state index is 0.0952. The molecule has 0 aliphatic rings. The Morgan fingerprint density at radius 1 is 1.15 bits per heavy atom. The summed E-state index contributed by atoms with van der Waals surface area (Å²) in [7, 11) is -3.82. The minimum atomic E-state index is -3.82. The maximum atomic E-state index is 12.4. The first-order chi connectivity index (χ1) is 12.3. The predicted octanol–water partition coefficient (Wildman–Crippen LogP) is 2.78. The first-order valence-corrected chi connectivity index (χ1v) is 9.63. The second kappa shape index (κ2) is 8.14. The number of nitrogens with zero attached hydrogens (tertiary/aromatic N) is 1. The third kappa shape index (κ3) is 4.49. The first-order valence-electron chi connectivity index (χ1n) is 8.15. The van der Waals surface area contributed by atoms with E-state index in [1.807, 2.05) is 13.0 Å². The van der Waals surface area contributed by atoms with Gasteiger partial charge in [0, 0.05) is 6.21 Å². The van der Waals surface area contributed by atoms with Crippen molar-refractivity contribution in [3.63, 3.8) is 0 Å². The highest BCUT2D eigenvalue weighted by atomic mass is 32.2. The molecule has 0 heterocycles. The van der Waals surface area contributed by atoms with Crippen molar-refractivity contribution in [2.45, 2.75) is 31.1 Å². The molecule has 2 aromatic rings. The number of rotatable bonds is 7. The Bertz CT molecular complexity index is 878. The van der Waals surface area contributed by atoms with Crippen molar-refractivity contribution in [3.8, 4) is 0 Å². The number of carbonyl (C=O) groups is 1. The van der Waals surface area contributed by atoms with Gasteiger partial charge in [0.2, 0.25) is 0 Å². The minimum Gasteiger partial charge on any atom is -0.465 e. The number of hydrogen-bond acceptors (Lipinski definition) is 5. The van der Waals surface area contributed by atoms with Crippen LogP contribution in [-0.2, 0) is 25.0 Å². The van der Waals surface area contributed by atoms with E-state index >= 15 is 0 Å². The quantitative estimate of drug-likeness (QED) is 0.459. The number of hydrogen-bond donors (Lipinski definition) is 1. The number of esters is 1. The SMILES string of the molecule is CCOC(=O)[C@](C)(/C=N/NS(=O)(=O)c1ccc(C)cc1)c1ccccc1. The molecule has 0 aromatic heterocycles. The fourth-order valence-corrected chi connectivity index (χ4v) is 3.10. The molecule has 0 radical (unpaired) electrons. The molecule has 0 saturated carbocycles. The van der Waals surface area contributed by atoms with Crippen LogP contribution in [-0.4, -0.2) is 27.2 Å². The molecule has 2 rings (SSSR count). The van der Waals surface area contributed by atoms with Crippen LogP contribution in [0.15, 0.2) is 64.6 Å². The zero-order valence-electron chi connectivity index (χ0n) is 15.0. The molecule has 0 fully saturated rings. The largest absolute Gasteiger partial charge is 0.465 e. The molecule has 0 unspecified atom stereocenters. The summed E-state index contributed by atoms with van der Waals surface area (Å²) in [6.45, 7) is 5.42. The van der Waals surface area contributed by atoms with Gasteiger partial charge in [-0.25, -0.2) is 4.83 Å². The van der Waals surface area contributed by atoms with Crippen molar-refractivity contribution in [1.82, 2.24) is 4.83 Å². The highest BCUT2D eigenvalue weighted by Gasteiger charge is 2.35. The van der Waals surface area contributed by atoms with Gasteiger partial charge in [-0.2, -0.15) is 13.5 Å².